The summed E-state index contributed by atoms with van der Waals surface area (Å²) in [6.07, 6.45) is 0. The first-order valence-electron chi connectivity index (χ1n) is 16.3. The summed E-state index contributed by atoms with van der Waals surface area (Å²) in [5, 5.41) is 4.62. The van der Waals surface area contributed by atoms with E-state index in [1.54, 1.807) is 0 Å². The molecular formula is C46H31NO. The van der Waals surface area contributed by atoms with Crippen LogP contribution >= 0.6 is 0 Å². The zero-order valence-electron chi connectivity index (χ0n) is 26.3. The Bertz CT molecular complexity index is 2510. The van der Waals surface area contributed by atoms with Crippen LogP contribution in [-0.2, 0) is 0 Å². The molecule has 0 aliphatic heterocycles. The SMILES string of the molecule is c1ccc(-c2ccc(-c3ccc(N(c4ccccc4)c4ccc(-c5cccc6oc7c8ccccc8ccc7c56)cc4)cc3)cc2)cc1. The standard InChI is InChI=1S/C46H31NO/c1-3-10-32(11-4-1)33-18-20-34(21-19-33)35-22-27-39(28-23-35)47(38-13-5-2-6-14-38)40-29-24-37(25-30-40)41-16-9-17-44-45(41)43-31-26-36-12-7-8-15-42(36)46(43)48-44/h1-31H. The first-order chi connectivity index (χ1) is 23.8. The van der Waals surface area contributed by atoms with Gasteiger partial charge in [0.05, 0.1) is 0 Å². The van der Waals surface area contributed by atoms with E-state index in [0.29, 0.717) is 0 Å². The maximum absolute atomic E-state index is 6.46. The van der Waals surface area contributed by atoms with Gasteiger partial charge >= 0.3 is 0 Å². The largest absolute Gasteiger partial charge is 0.455 e. The fourth-order valence-electron chi connectivity index (χ4n) is 6.90. The molecule has 2 nitrogen and oxygen atoms in total. The third-order valence-corrected chi connectivity index (χ3v) is 9.29. The van der Waals surface area contributed by atoms with Gasteiger partial charge in [-0.15, -0.1) is 0 Å². The Morgan fingerprint density at radius 2 is 0.854 bits per heavy atom. The first kappa shape index (κ1) is 27.9. The van der Waals surface area contributed by atoms with Gasteiger partial charge in [-0.05, 0) is 87.3 Å². The highest BCUT2D eigenvalue weighted by Crippen LogP contribution is 2.41. The number of fused-ring (bicyclic) bond motifs is 5. The van der Waals surface area contributed by atoms with Crippen LogP contribution in [0.2, 0.25) is 0 Å². The molecule has 0 unspecified atom stereocenters. The lowest BCUT2D eigenvalue weighted by Crippen LogP contribution is -2.09. The summed E-state index contributed by atoms with van der Waals surface area (Å²) in [5.74, 6) is 0. The van der Waals surface area contributed by atoms with Gasteiger partial charge in [0.25, 0.3) is 0 Å². The lowest BCUT2D eigenvalue weighted by molar-refractivity contribution is 0.673. The normalized spacial score (nSPS) is 11.3. The minimum atomic E-state index is 0.906. The molecule has 8 aromatic carbocycles. The monoisotopic (exact) mass is 613 g/mol. The Balaban J connectivity index is 1.07. The molecule has 226 valence electrons. The van der Waals surface area contributed by atoms with Gasteiger partial charge in [-0.3, -0.25) is 0 Å². The topological polar surface area (TPSA) is 16.4 Å². The van der Waals surface area contributed by atoms with E-state index < -0.39 is 0 Å². The van der Waals surface area contributed by atoms with Crippen molar-refractivity contribution in [1.29, 1.82) is 0 Å². The molecule has 0 fully saturated rings. The number of hydrogen-bond acceptors (Lipinski definition) is 2. The number of hydrogen-bond donors (Lipinski definition) is 0. The van der Waals surface area contributed by atoms with E-state index in [1.165, 1.54) is 33.2 Å². The summed E-state index contributed by atoms with van der Waals surface area (Å²) in [5.41, 5.74) is 12.3. The van der Waals surface area contributed by atoms with E-state index in [9.17, 15) is 0 Å². The van der Waals surface area contributed by atoms with Crippen LogP contribution in [0, 0.1) is 0 Å². The number of rotatable bonds is 6. The Morgan fingerprint density at radius 1 is 0.333 bits per heavy atom. The van der Waals surface area contributed by atoms with Crippen molar-refractivity contribution in [1.82, 2.24) is 0 Å². The second-order valence-electron chi connectivity index (χ2n) is 12.2. The quantitative estimate of drug-likeness (QED) is 0.185. The van der Waals surface area contributed by atoms with Crippen LogP contribution in [0.3, 0.4) is 0 Å². The fraction of sp³-hybridized carbons (Fsp3) is 0. The van der Waals surface area contributed by atoms with Crippen molar-refractivity contribution in [3.8, 4) is 33.4 Å². The molecular weight excluding hydrogens is 583 g/mol. The van der Waals surface area contributed by atoms with Crippen molar-refractivity contribution in [3.05, 3.63) is 188 Å². The van der Waals surface area contributed by atoms with Crippen LogP contribution in [0.4, 0.5) is 17.1 Å². The van der Waals surface area contributed by atoms with Gasteiger partial charge in [0.15, 0.2) is 0 Å². The third kappa shape index (κ3) is 4.92. The van der Waals surface area contributed by atoms with Gasteiger partial charge in [-0.25, -0.2) is 0 Å². The number of nitrogens with zero attached hydrogens (tertiary/aromatic N) is 1. The highest BCUT2D eigenvalue weighted by Gasteiger charge is 2.16. The predicted molar refractivity (Wildman–Crippen MR) is 202 cm³/mol. The molecule has 0 N–H and O–H groups in total. The Labute approximate surface area is 279 Å². The minimum absolute atomic E-state index is 0.906. The Kier molecular flexibility index (Phi) is 6.84. The molecule has 1 heterocycles. The van der Waals surface area contributed by atoms with Crippen molar-refractivity contribution < 1.29 is 4.42 Å². The van der Waals surface area contributed by atoms with E-state index in [0.717, 1.165) is 50.0 Å². The summed E-state index contributed by atoms with van der Waals surface area (Å²) < 4.78 is 6.46. The van der Waals surface area contributed by atoms with E-state index >= 15 is 0 Å². The van der Waals surface area contributed by atoms with Gasteiger partial charge in [-0.2, -0.15) is 0 Å². The lowest BCUT2D eigenvalue weighted by atomic mass is 9.98. The van der Waals surface area contributed by atoms with Crippen molar-refractivity contribution in [2.45, 2.75) is 0 Å². The molecule has 0 atom stereocenters. The van der Waals surface area contributed by atoms with Crippen LogP contribution in [0.15, 0.2) is 192 Å². The second-order valence-corrected chi connectivity index (χ2v) is 12.2. The number of anilines is 3. The third-order valence-electron chi connectivity index (χ3n) is 9.29. The summed E-state index contributed by atoms with van der Waals surface area (Å²) in [6.45, 7) is 0. The van der Waals surface area contributed by atoms with Crippen LogP contribution < -0.4 is 4.90 Å². The van der Waals surface area contributed by atoms with Crippen LogP contribution in [-0.4, -0.2) is 0 Å². The van der Waals surface area contributed by atoms with Crippen molar-refractivity contribution in [3.63, 3.8) is 0 Å². The molecule has 1 aromatic heterocycles. The highest BCUT2D eigenvalue weighted by atomic mass is 16.3. The van der Waals surface area contributed by atoms with E-state index in [2.05, 4.69) is 193 Å². The van der Waals surface area contributed by atoms with Crippen LogP contribution in [0.25, 0.3) is 66.1 Å². The number of benzene rings is 8. The maximum atomic E-state index is 6.46. The molecule has 48 heavy (non-hydrogen) atoms. The fourth-order valence-corrected chi connectivity index (χ4v) is 6.90. The van der Waals surface area contributed by atoms with Gasteiger partial charge in [0.1, 0.15) is 11.2 Å². The molecule has 9 aromatic rings. The van der Waals surface area contributed by atoms with Gasteiger partial charge in [0.2, 0.25) is 0 Å². The molecule has 0 spiro atoms. The van der Waals surface area contributed by atoms with Gasteiger partial charge < -0.3 is 9.32 Å². The summed E-state index contributed by atoms with van der Waals surface area (Å²) in [7, 11) is 0. The van der Waals surface area contributed by atoms with Crippen LogP contribution in [0.1, 0.15) is 0 Å². The lowest BCUT2D eigenvalue weighted by Gasteiger charge is -2.26. The van der Waals surface area contributed by atoms with E-state index in [-0.39, 0.29) is 0 Å². The highest BCUT2D eigenvalue weighted by molar-refractivity contribution is 6.19. The molecule has 0 saturated carbocycles. The average Bonchev–Trinajstić information content (AvgIpc) is 3.56. The Morgan fingerprint density at radius 3 is 1.52 bits per heavy atom. The second kappa shape index (κ2) is 11.8. The minimum Gasteiger partial charge on any atom is -0.455 e. The van der Waals surface area contributed by atoms with Gasteiger partial charge in [-0.1, -0.05) is 140 Å². The van der Waals surface area contributed by atoms with Crippen molar-refractivity contribution >= 4 is 49.8 Å². The maximum Gasteiger partial charge on any atom is 0.143 e. The molecule has 0 bridgehead atoms. The molecule has 2 heteroatoms. The molecule has 0 radical (unpaired) electrons. The van der Waals surface area contributed by atoms with E-state index in [4.69, 9.17) is 4.42 Å². The smallest absolute Gasteiger partial charge is 0.143 e. The van der Waals surface area contributed by atoms with Gasteiger partial charge in [0, 0.05) is 33.2 Å². The first-order valence-corrected chi connectivity index (χ1v) is 16.3. The zero-order chi connectivity index (χ0) is 31.9. The Hall–Kier alpha value is -6.38. The summed E-state index contributed by atoms with van der Waals surface area (Å²) >= 11 is 0. The zero-order valence-corrected chi connectivity index (χ0v) is 26.3. The molecule has 0 saturated heterocycles. The van der Waals surface area contributed by atoms with Crippen LogP contribution in [0.5, 0.6) is 0 Å². The van der Waals surface area contributed by atoms with E-state index in [1.807, 2.05) is 0 Å². The average molecular weight is 614 g/mol. The summed E-state index contributed by atoms with van der Waals surface area (Å²) in [4.78, 5) is 2.31. The molecule has 0 aliphatic rings. The number of para-hydroxylation sites is 1. The summed E-state index contributed by atoms with van der Waals surface area (Å²) in [6, 6.07) is 66.8. The molecule has 9 rings (SSSR count). The van der Waals surface area contributed by atoms with Crippen molar-refractivity contribution in [2.75, 3.05) is 4.90 Å². The molecule has 0 amide bonds. The number of furan rings is 1. The van der Waals surface area contributed by atoms with Crippen molar-refractivity contribution in [2.24, 2.45) is 0 Å². The molecule has 0 aliphatic carbocycles. The predicted octanol–water partition coefficient (Wildman–Crippen LogP) is 13.2.